The van der Waals surface area contributed by atoms with Gasteiger partial charge in [0.25, 0.3) is 0 Å². The average Bonchev–Trinajstić information content (AvgIpc) is 2.70. The van der Waals surface area contributed by atoms with Gasteiger partial charge < -0.3 is 10.6 Å². The molecule has 4 nitrogen and oxygen atoms in total. The van der Waals surface area contributed by atoms with Crippen LogP contribution >= 0.6 is 0 Å². The second-order valence-electron chi connectivity index (χ2n) is 5.65. The molecule has 0 aromatic carbocycles. The van der Waals surface area contributed by atoms with E-state index in [0.29, 0.717) is 6.04 Å². The Morgan fingerprint density at radius 1 is 1.25 bits per heavy atom. The Morgan fingerprint density at radius 2 is 2.10 bits per heavy atom. The minimum atomic E-state index is 0.644. The topological polar surface area (TPSA) is 45.4 Å². The summed E-state index contributed by atoms with van der Waals surface area (Å²) in [6, 6.07) is 6.93. The van der Waals surface area contributed by atoms with E-state index in [4.69, 9.17) is 5.73 Å². The van der Waals surface area contributed by atoms with Gasteiger partial charge in [-0.15, -0.1) is 0 Å². The van der Waals surface area contributed by atoms with Crippen LogP contribution in [0.1, 0.15) is 31.9 Å². The van der Waals surface area contributed by atoms with Crippen LogP contribution in [0.2, 0.25) is 0 Å². The van der Waals surface area contributed by atoms with Gasteiger partial charge in [0.1, 0.15) is 5.82 Å². The maximum atomic E-state index is 5.74. The molecule has 2 N–H and O–H groups in total. The molecule has 1 aromatic heterocycles. The fourth-order valence-electron chi connectivity index (χ4n) is 3.07. The lowest BCUT2D eigenvalue weighted by atomic mass is 10.1. The van der Waals surface area contributed by atoms with Crippen LogP contribution in [0, 0.1) is 6.92 Å². The lowest BCUT2D eigenvalue weighted by Crippen LogP contribution is -2.39. The molecule has 112 valence electrons. The molecular weight excluding hydrogens is 248 g/mol. The minimum Gasteiger partial charge on any atom is -0.355 e. The molecule has 1 atom stereocenters. The third kappa shape index (κ3) is 3.93. The first-order chi connectivity index (χ1) is 9.74. The largest absolute Gasteiger partial charge is 0.355 e. The van der Waals surface area contributed by atoms with Crippen LogP contribution in [0.15, 0.2) is 18.2 Å². The van der Waals surface area contributed by atoms with E-state index in [1.54, 1.807) is 0 Å². The van der Waals surface area contributed by atoms with Gasteiger partial charge in [-0.25, -0.2) is 4.98 Å². The van der Waals surface area contributed by atoms with Crippen LogP contribution in [0.4, 0.5) is 5.82 Å². The van der Waals surface area contributed by atoms with Crippen molar-refractivity contribution < 1.29 is 0 Å². The van der Waals surface area contributed by atoms with Crippen molar-refractivity contribution in [3.05, 3.63) is 23.9 Å². The summed E-state index contributed by atoms with van der Waals surface area (Å²) in [5.74, 6) is 1.12. The fourth-order valence-corrected chi connectivity index (χ4v) is 3.07. The van der Waals surface area contributed by atoms with Crippen LogP contribution in [0.3, 0.4) is 0 Å². The zero-order valence-corrected chi connectivity index (χ0v) is 12.9. The highest BCUT2D eigenvalue weighted by Gasteiger charge is 2.20. The Bertz CT molecular complexity index is 407. The summed E-state index contributed by atoms with van der Waals surface area (Å²) in [7, 11) is 0. The first-order valence-corrected chi connectivity index (χ1v) is 7.87. The van der Waals surface area contributed by atoms with Gasteiger partial charge in [0.2, 0.25) is 0 Å². The maximum absolute atomic E-state index is 5.74. The zero-order valence-electron chi connectivity index (χ0n) is 12.9. The van der Waals surface area contributed by atoms with Crippen molar-refractivity contribution in [3.8, 4) is 0 Å². The smallest absolute Gasteiger partial charge is 0.128 e. The Kier molecular flexibility index (Phi) is 5.80. The Labute approximate surface area is 123 Å². The highest BCUT2D eigenvalue weighted by Crippen LogP contribution is 2.17. The summed E-state index contributed by atoms with van der Waals surface area (Å²) in [5.41, 5.74) is 6.83. The monoisotopic (exact) mass is 276 g/mol. The number of hydrogen-bond donors (Lipinski definition) is 1. The maximum Gasteiger partial charge on any atom is 0.128 e. The molecule has 1 unspecified atom stereocenters. The van der Waals surface area contributed by atoms with Gasteiger partial charge in [-0.05, 0) is 44.9 Å². The lowest BCUT2D eigenvalue weighted by Gasteiger charge is -2.29. The Balaban J connectivity index is 1.98. The van der Waals surface area contributed by atoms with Crippen LogP contribution in [0.25, 0.3) is 0 Å². The average molecular weight is 276 g/mol. The number of hydrogen-bond acceptors (Lipinski definition) is 4. The normalized spacial score (nSPS) is 18.9. The van der Waals surface area contributed by atoms with Gasteiger partial charge in [-0.2, -0.15) is 0 Å². The zero-order chi connectivity index (χ0) is 14.4. The molecule has 20 heavy (non-hydrogen) atoms. The van der Waals surface area contributed by atoms with E-state index in [1.165, 1.54) is 19.4 Å². The number of rotatable bonds is 5. The molecule has 0 radical (unpaired) electrons. The van der Waals surface area contributed by atoms with Crippen LogP contribution < -0.4 is 10.6 Å². The molecular formula is C16H28N4. The minimum absolute atomic E-state index is 0.644. The van der Waals surface area contributed by atoms with Crippen molar-refractivity contribution in [1.29, 1.82) is 0 Å². The summed E-state index contributed by atoms with van der Waals surface area (Å²) in [4.78, 5) is 9.68. The number of pyridine rings is 1. The van der Waals surface area contributed by atoms with Gasteiger partial charge in [0.05, 0.1) is 0 Å². The number of anilines is 1. The predicted octanol–water partition coefficient (Wildman–Crippen LogP) is 2.03. The molecule has 1 aromatic rings. The number of nitrogens with two attached hydrogens (primary N) is 1. The van der Waals surface area contributed by atoms with E-state index in [0.717, 1.165) is 44.1 Å². The summed E-state index contributed by atoms with van der Waals surface area (Å²) >= 11 is 0. The second-order valence-corrected chi connectivity index (χ2v) is 5.65. The molecule has 0 bridgehead atoms. The van der Waals surface area contributed by atoms with Gasteiger partial charge >= 0.3 is 0 Å². The number of aromatic nitrogens is 1. The molecule has 2 rings (SSSR count). The Hall–Kier alpha value is -1.13. The molecule has 4 heteroatoms. The quantitative estimate of drug-likeness (QED) is 0.894. The molecule has 1 aliphatic heterocycles. The van der Waals surface area contributed by atoms with Crippen LogP contribution in [-0.4, -0.2) is 48.6 Å². The van der Waals surface area contributed by atoms with Gasteiger partial charge in [-0.1, -0.05) is 13.0 Å². The van der Waals surface area contributed by atoms with E-state index in [2.05, 4.69) is 46.8 Å². The summed E-state index contributed by atoms with van der Waals surface area (Å²) in [6.45, 7) is 9.59. The van der Waals surface area contributed by atoms with E-state index in [-0.39, 0.29) is 0 Å². The van der Waals surface area contributed by atoms with Gasteiger partial charge in [-0.3, -0.25) is 4.90 Å². The third-order valence-corrected chi connectivity index (χ3v) is 4.22. The van der Waals surface area contributed by atoms with Crippen LogP contribution in [-0.2, 0) is 0 Å². The highest BCUT2D eigenvalue weighted by molar-refractivity contribution is 5.39. The molecule has 2 heterocycles. The summed E-state index contributed by atoms with van der Waals surface area (Å²) in [5, 5.41) is 0. The predicted molar refractivity (Wildman–Crippen MR) is 85.1 cm³/mol. The molecule has 1 aliphatic rings. The van der Waals surface area contributed by atoms with E-state index in [9.17, 15) is 0 Å². The molecule has 0 saturated carbocycles. The third-order valence-electron chi connectivity index (χ3n) is 4.22. The molecule has 0 spiro atoms. The SMILES string of the molecule is CCC(CCN)N1CCCN(c2cccc(C)n2)CC1. The fraction of sp³-hybridized carbons (Fsp3) is 0.688. The van der Waals surface area contributed by atoms with Gasteiger partial charge in [0.15, 0.2) is 0 Å². The first kappa shape index (κ1) is 15.3. The van der Waals surface area contributed by atoms with E-state index >= 15 is 0 Å². The standard InChI is InChI=1S/C16H28N4/c1-3-15(8-9-17)19-10-5-11-20(13-12-19)16-7-4-6-14(2)18-16/h4,6-7,15H,3,5,8-13,17H2,1-2H3. The van der Waals surface area contributed by atoms with Crippen molar-refractivity contribution in [2.24, 2.45) is 5.73 Å². The van der Waals surface area contributed by atoms with Gasteiger partial charge in [0, 0.05) is 37.9 Å². The molecule has 1 saturated heterocycles. The first-order valence-electron chi connectivity index (χ1n) is 7.87. The van der Waals surface area contributed by atoms with E-state index < -0.39 is 0 Å². The van der Waals surface area contributed by atoms with Crippen molar-refractivity contribution >= 4 is 5.82 Å². The number of nitrogens with zero attached hydrogens (tertiary/aromatic N) is 3. The summed E-state index contributed by atoms with van der Waals surface area (Å²) in [6.07, 6.45) is 3.51. The molecule has 0 aliphatic carbocycles. The van der Waals surface area contributed by atoms with Crippen molar-refractivity contribution in [3.63, 3.8) is 0 Å². The highest BCUT2D eigenvalue weighted by atomic mass is 15.3. The molecule has 1 fully saturated rings. The van der Waals surface area contributed by atoms with Crippen molar-refractivity contribution in [1.82, 2.24) is 9.88 Å². The lowest BCUT2D eigenvalue weighted by molar-refractivity contribution is 0.196. The van der Waals surface area contributed by atoms with Crippen molar-refractivity contribution in [2.45, 2.75) is 39.2 Å². The van der Waals surface area contributed by atoms with Crippen LogP contribution in [0.5, 0.6) is 0 Å². The number of aryl methyl sites for hydroxylation is 1. The van der Waals surface area contributed by atoms with E-state index in [1.807, 2.05) is 0 Å². The van der Waals surface area contributed by atoms with Crippen molar-refractivity contribution in [2.75, 3.05) is 37.6 Å². The molecule has 0 amide bonds. The second kappa shape index (κ2) is 7.60. The summed E-state index contributed by atoms with van der Waals surface area (Å²) < 4.78 is 0. The Morgan fingerprint density at radius 3 is 2.80 bits per heavy atom.